The van der Waals surface area contributed by atoms with Crippen molar-refractivity contribution in [2.45, 2.75) is 43.5 Å². The van der Waals surface area contributed by atoms with Gasteiger partial charge >= 0.3 is 0 Å². The summed E-state index contributed by atoms with van der Waals surface area (Å²) in [6, 6.07) is 5.01. The summed E-state index contributed by atoms with van der Waals surface area (Å²) in [6.45, 7) is 2.87. The van der Waals surface area contributed by atoms with Gasteiger partial charge < -0.3 is 5.73 Å². The maximum atomic E-state index is 12.9. The molecule has 21 heavy (non-hydrogen) atoms. The maximum Gasteiger partial charge on any atom is 0.243 e. The number of sulfonamides is 1. The van der Waals surface area contributed by atoms with Gasteiger partial charge in [0.2, 0.25) is 10.0 Å². The van der Waals surface area contributed by atoms with Crippen LogP contribution in [0.5, 0.6) is 0 Å². The molecule has 0 radical (unpaired) electrons. The standard InChI is InChI=1S/C14H21ClN2O2S.ClH/c1-11-5-6-12(15)10-14(11)20(18,19)17-9-3-2-4-13(17)7-8-16;/h5-6,10,13H,2-4,7-9,16H2,1H3;1H. The third-order valence-electron chi connectivity index (χ3n) is 3.81. The van der Waals surface area contributed by atoms with E-state index in [1.165, 1.54) is 0 Å². The summed E-state index contributed by atoms with van der Waals surface area (Å²) >= 11 is 5.96. The van der Waals surface area contributed by atoms with E-state index in [2.05, 4.69) is 0 Å². The molecule has 1 heterocycles. The summed E-state index contributed by atoms with van der Waals surface area (Å²) < 4.78 is 27.4. The largest absolute Gasteiger partial charge is 0.330 e. The lowest BCUT2D eigenvalue weighted by atomic mass is 10.0. The van der Waals surface area contributed by atoms with Crippen LogP contribution in [0, 0.1) is 6.92 Å². The van der Waals surface area contributed by atoms with Crippen LogP contribution >= 0.6 is 24.0 Å². The highest BCUT2D eigenvalue weighted by Crippen LogP contribution is 2.29. The van der Waals surface area contributed by atoms with E-state index in [4.69, 9.17) is 17.3 Å². The molecule has 0 aromatic heterocycles. The minimum Gasteiger partial charge on any atom is -0.330 e. The molecule has 1 atom stereocenters. The zero-order valence-corrected chi connectivity index (χ0v) is 14.5. The Labute approximate surface area is 138 Å². The fourth-order valence-corrected chi connectivity index (χ4v) is 4.96. The predicted molar refractivity (Wildman–Crippen MR) is 88.6 cm³/mol. The summed E-state index contributed by atoms with van der Waals surface area (Å²) in [5.41, 5.74) is 6.34. The number of hydrogen-bond acceptors (Lipinski definition) is 3. The van der Waals surface area contributed by atoms with Crippen LogP contribution in [0.25, 0.3) is 0 Å². The zero-order chi connectivity index (χ0) is 14.8. The number of rotatable bonds is 4. The van der Waals surface area contributed by atoms with Crippen LogP contribution in [0.15, 0.2) is 23.1 Å². The molecule has 1 aliphatic rings. The van der Waals surface area contributed by atoms with Crippen molar-refractivity contribution in [3.8, 4) is 0 Å². The first-order valence-corrected chi connectivity index (χ1v) is 8.76. The number of nitrogens with two attached hydrogens (primary N) is 1. The van der Waals surface area contributed by atoms with Crippen LogP contribution in [-0.2, 0) is 10.0 Å². The Morgan fingerprint density at radius 2 is 2.10 bits per heavy atom. The van der Waals surface area contributed by atoms with Crippen LogP contribution in [0.4, 0.5) is 0 Å². The fraction of sp³-hybridized carbons (Fsp3) is 0.571. The van der Waals surface area contributed by atoms with E-state index in [9.17, 15) is 8.42 Å². The lowest BCUT2D eigenvalue weighted by Gasteiger charge is -2.34. The minimum atomic E-state index is -3.49. The second-order valence-corrected chi connectivity index (χ2v) is 7.55. The van der Waals surface area contributed by atoms with Crippen molar-refractivity contribution in [3.63, 3.8) is 0 Å². The second-order valence-electron chi connectivity index (χ2n) is 5.25. The van der Waals surface area contributed by atoms with Crippen LogP contribution in [-0.4, -0.2) is 31.9 Å². The summed E-state index contributed by atoms with van der Waals surface area (Å²) in [5.74, 6) is 0. The van der Waals surface area contributed by atoms with E-state index < -0.39 is 10.0 Å². The van der Waals surface area contributed by atoms with Gasteiger partial charge in [-0.2, -0.15) is 4.31 Å². The van der Waals surface area contributed by atoms with Gasteiger partial charge in [0.25, 0.3) is 0 Å². The lowest BCUT2D eigenvalue weighted by molar-refractivity contribution is 0.243. The Hall–Kier alpha value is -0.330. The fourth-order valence-electron chi connectivity index (χ4n) is 2.75. The molecule has 120 valence electrons. The summed E-state index contributed by atoms with van der Waals surface area (Å²) in [6.07, 6.45) is 3.56. The first kappa shape index (κ1) is 18.7. The molecule has 4 nitrogen and oxygen atoms in total. The highest BCUT2D eigenvalue weighted by atomic mass is 35.5. The first-order chi connectivity index (χ1) is 9.46. The molecule has 1 aliphatic heterocycles. The van der Waals surface area contributed by atoms with Crippen molar-refractivity contribution >= 4 is 34.0 Å². The minimum absolute atomic E-state index is 0. The van der Waals surface area contributed by atoms with Crippen LogP contribution in [0.1, 0.15) is 31.2 Å². The van der Waals surface area contributed by atoms with Gasteiger partial charge in [-0.1, -0.05) is 24.1 Å². The SMILES string of the molecule is Cc1ccc(Cl)cc1S(=O)(=O)N1CCCCC1CCN.Cl. The molecular formula is C14H22Cl2N2O2S. The van der Waals surface area contributed by atoms with Gasteiger partial charge in [-0.25, -0.2) is 8.42 Å². The highest BCUT2D eigenvalue weighted by molar-refractivity contribution is 7.89. The van der Waals surface area contributed by atoms with E-state index in [-0.39, 0.29) is 18.4 Å². The zero-order valence-electron chi connectivity index (χ0n) is 12.1. The van der Waals surface area contributed by atoms with Gasteiger partial charge in [0.1, 0.15) is 0 Å². The van der Waals surface area contributed by atoms with Crippen molar-refractivity contribution < 1.29 is 8.42 Å². The summed E-state index contributed by atoms with van der Waals surface area (Å²) in [5, 5.41) is 0.446. The van der Waals surface area contributed by atoms with Crippen molar-refractivity contribution in [1.29, 1.82) is 0 Å². The van der Waals surface area contributed by atoms with Gasteiger partial charge in [0.05, 0.1) is 4.90 Å². The Morgan fingerprint density at radius 3 is 2.76 bits per heavy atom. The second kappa shape index (κ2) is 7.79. The van der Waals surface area contributed by atoms with E-state index in [0.717, 1.165) is 24.8 Å². The first-order valence-electron chi connectivity index (χ1n) is 6.95. The van der Waals surface area contributed by atoms with Crippen LogP contribution < -0.4 is 5.73 Å². The molecule has 0 bridgehead atoms. The number of benzene rings is 1. The van der Waals surface area contributed by atoms with E-state index in [1.54, 1.807) is 29.4 Å². The van der Waals surface area contributed by atoms with Gasteiger partial charge in [-0.05, 0) is 50.4 Å². The van der Waals surface area contributed by atoms with Crippen LogP contribution in [0.2, 0.25) is 5.02 Å². The van der Waals surface area contributed by atoms with Gasteiger partial charge in [0.15, 0.2) is 0 Å². The average molecular weight is 353 g/mol. The number of piperidine rings is 1. The Balaban J connectivity index is 0.00000220. The summed E-state index contributed by atoms with van der Waals surface area (Å²) in [4.78, 5) is 0.314. The molecule has 1 aromatic rings. The monoisotopic (exact) mass is 352 g/mol. The molecule has 1 saturated heterocycles. The van der Waals surface area contributed by atoms with Crippen LogP contribution in [0.3, 0.4) is 0 Å². The molecule has 2 rings (SSSR count). The predicted octanol–water partition coefficient (Wildman–Crippen LogP) is 2.96. The average Bonchev–Trinajstić information content (AvgIpc) is 2.42. The molecule has 1 fully saturated rings. The molecule has 0 spiro atoms. The van der Waals surface area contributed by atoms with E-state index in [1.807, 2.05) is 0 Å². The van der Waals surface area contributed by atoms with E-state index >= 15 is 0 Å². The molecule has 0 saturated carbocycles. The number of halogens is 2. The third-order valence-corrected chi connectivity index (χ3v) is 6.14. The molecule has 0 amide bonds. The van der Waals surface area contributed by atoms with Crippen molar-refractivity contribution in [2.75, 3.05) is 13.1 Å². The third kappa shape index (κ3) is 4.11. The van der Waals surface area contributed by atoms with Crippen molar-refractivity contribution in [2.24, 2.45) is 5.73 Å². The smallest absolute Gasteiger partial charge is 0.243 e. The normalized spacial score (nSPS) is 20.0. The topological polar surface area (TPSA) is 63.4 Å². The summed E-state index contributed by atoms with van der Waals surface area (Å²) in [7, 11) is -3.49. The molecular weight excluding hydrogens is 331 g/mol. The number of nitrogens with zero attached hydrogens (tertiary/aromatic N) is 1. The van der Waals surface area contributed by atoms with Gasteiger partial charge in [-0.3, -0.25) is 0 Å². The molecule has 1 aromatic carbocycles. The molecule has 7 heteroatoms. The van der Waals surface area contributed by atoms with Gasteiger partial charge in [-0.15, -0.1) is 12.4 Å². The molecule has 0 aliphatic carbocycles. The maximum absolute atomic E-state index is 12.9. The van der Waals surface area contributed by atoms with E-state index in [0.29, 0.717) is 29.4 Å². The number of aryl methyl sites for hydroxylation is 1. The Morgan fingerprint density at radius 1 is 1.38 bits per heavy atom. The lowest BCUT2D eigenvalue weighted by Crippen LogP contribution is -2.44. The quantitative estimate of drug-likeness (QED) is 0.905. The Kier molecular flexibility index (Phi) is 6.94. The molecule has 1 unspecified atom stereocenters. The molecule has 2 N–H and O–H groups in total. The van der Waals surface area contributed by atoms with Gasteiger partial charge in [0, 0.05) is 17.6 Å². The van der Waals surface area contributed by atoms with Crippen molar-refractivity contribution in [3.05, 3.63) is 28.8 Å². The highest BCUT2D eigenvalue weighted by Gasteiger charge is 2.33. The number of hydrogen-bond donors (Lipinski definition) is 1. The Bertz CT molecular complexity index is 576. The van der Waals surface area contributed by atoms with Crippen molar-refractivity contribution in [1.82, 2.24) is 4.31 Å².